The van der Waals surface area contributed by atoms with E-state index in [4.69, 9.17) is 24.1 Å². The molecule has 0 aromatic heterocycles. The number of carboxylic acids is 1. The topological polar surface area (TPSA) is 153 Å². The first-order chi connectivity index (χ1) is 18.8. The maximum absolute atomic E-state index is 12.3. The molecule has 3 N–H and O–H groups in total. The number of hydrogen-bond acceptors (Lipinski definition) is 9. The molecule has 0 heterocycles. The Hall–Kier alpha value is -2.90. The van der Waals surface area contributed by atoms with Crippen molar-refractivity contribution < 1.29 is 43.2 Å². The molecule has 1 rings (SSSR count). The molecular weight excluding hydrogens is 510 g/mol. The average molecular weight is 554 g/mol. The number of carbonyl (C=O) groups is 4. The highest BCUT2D eigenvalue weighted by Gasteiger charge is 2.09. The minimum atomic E-state index is -0.820. The Morgan fingerprint density at radius 3 is 1.97 bits per heavy atom. The number of rotatable bonds is 24. The third kappa shape index (κ3) is 18.1. The van der Waals surface area contributed by atoms with E-state index in [-0.39, 0.29) is 50.4 Å². The molecular formula is C27H43N3O9. The van der Waals surface area contributed by atoms with Crippen molar-refractivity contribution in [1.82, 2.24) is 15.5 Å². The lowest BCUT2D eigenvalue weighted by Crippen LogP contribution is -2.31. The van der Waals surface area contributed by atoms with E-state index >= 15 is 0 Å². The summed E-state index contributed by atoms with van der Waals surface area (Å²) in [7, 11) is 0. The highest BCUT2D eigenvalue weighted by atomic mass is 16.5. The van der Waals surface area contributed by atoms with E-state index in [0.717, 1.165) is 12.1 Å². The van der Waals surface area contributed by atoms with Crippen molar-refractivity contribution in [3.8, 4) is 0 Å². The van der Waals surface area contributed by atoms with Gasteiger partial charge in [-0.05, 0) is 24.2 Å². The predicted molar refractivity (Wildman–Crippen MR) is 144 cm³/mol. The highest BCUT2D eigenvalue weighted by Crippen LogP contribution is 2.08. The third-order valence-electron chi connectivity index (χ3n) is 5.45. The molecule has 0 aliphatic heterocycles. The fourth-order valence-electron chi connectivity index (χ4n) is 3.17. The third-order valence-corrected chi connectivity index (χ3v) is 5.45. The van der Waals surface area contributed by atoms with Crippen LogP contribution in [0, 0.1) is 0 Å². The number of ketones is 1. The van der Waals surface area contributed by atoms with Crippen molar-refractivity contribution in [3.63, 3.8) is 0 Å². The Morgan fingerprint density at radius 1 is 0.795 bits per heavy atom. The molecule has 220 valence electrons. The lowest BCUT2D eigenvalue weighted by molar-refractivity contribution is -0.137. The van der Waals surface area contributed by atoms with Gasteiger partial charge in [-0.25, -0.2) is 0 Å². The van der Waals surface area contributed by atoms with Crippen LogP contribution in [0.1, 0.15) is 42.6 Å². The molecule has 0 saturated heterocycles. The molecule has 0 fully saturated rings. The Labute approximate surface area is 230 Å². The molecule has 0 aliphatic carbocycles. The van der Waals surface area contributed by atoms with E-state index in [9.17, 15) is 19.2 Å². The van der Waals surface area contributed by atoms with Crippen LogP contribution in [0.25, 0.3) is 0 Å². The number of nitrogens with zero attached hydrogens (tertiary/aromatic N) is 1. The highest BCUT2D eigenvalue weighted by molar-refractivity contribution is 5.94. The first kappa shape index (κ1) is 34.1. The molecule has 0 unspecified atom stereocenters. The summed E-state index contributed by atoms with van der Waals surface area (Å²) < 4.78 is 21.1. The maximum Gasteiger partial charge on any atom is 0.304 e. The molecule has 0 aliphatic rings. The second-order valence-corrected chi connectivity index (χ2v) is 8.54. The lowest BCUT2D eigenvalue weighted by atomic mass is 10.1. The molecule has 0 spiro atoms. The van der Waals surface area contributed by atoms with Crippen molar-refractivity contribution >= 4 is 23.6 Å². The van der Waals surface area contributed by atoms with Gasteiger partial charge in [-0.2, -0.15) is 0 Å². The lowest BCUT2D eigenvalue weighted by Gasteiger charge is -2.19. The van der Waals surface area contributed by atoms with E-state index < -0.39 is 5.97 Å². The van der Waals surface area contributed by atoms with Gasteiger partial charge in [0.05, 0.1) is 46.1 Å². The SMILES string of the molecule is CCC(=O)COCCOCCNC(=O)COCCOCCNC(=O)c1ccc(CN(CC)CCC(=O)O)cc1. The van der Waals surface area contributed by atoms with Crippen LogP contribution in [-0.2, 0) is 39.9 Å². The van der Waals surface area contributed by atoms with Gasteiger partial charge in [-0.3, -0.25) is 24.1 Å². The summed E-state index contributed by atoms with van der Waals surface area (Å²) in [4.78, 5) is 47.9. The zero-order chi connectivity index (χ0) is 28.7. The van der Waals surface area contributed by atoms with Crippen LogP contribution in [0.5, 0.6) is 0 Å². The second-order valence-electron chi connectivity index (χ2n) is 8.54. The number of amides is 2. The van der Waals surface area contributed by atoms with Crippen LogP contribution in [0.2, 0.25) is 0 Å². The standard InChI is InChI=1S/C27H43N3O9/c1-3-24(31)20-38-17-15-36-13-10-28-25(32)21-39-18-16-37-14-11-29-27(35)23-7-5-22(6-8-23)19-30(4-2)12-9-26(33)34/h5-8H,3-4,9-21H2,1-2H3,(H,28,32)(H,29,35)(H,33,34). The van der Waals surface area contributed by atoms with Crippen LogP contribution >= 0.6 is 0 Å². The first-order valence-electron chi connectivity index (χ1n) is 13.3. The number of Topliss-reactive ketones (excluding diaryl/α,β-unsaturated/α-hetero) is 1. The largest absolute Gasteiger partial charge is 0.481 e. The molecule has 1 aromatic rings. The van der Waals surface area contributed by atoms with E-state index in [1.807, 2.05) is 24.0 Å². The average Bonchev–Trinajstić information content (AvgIpc) is 2.93. The Kier molecular flexibility index (Phi) is 19.2. The van der Waals surface area contributed by atoms with Crippen molar-refractivity contribution in [2.75, 3.05) is 79.0 Å². The van der Waals surface area contributed by atoms with Gasteiger partial charge in [0.25, 0.3) is 5.91 Å². The molecule has 0 bridgehead atoms. The molecule has 0 atom stereocenters. The Balaban J connectivity index is 2.02. The molecule has 0 radical (unpaired) electrons. The van der Waals surface area contributed by atoms with Gasteiger partial charge < -0.3 is 34.7 Å². The quantitative estimate of drug-likeness (QED) is 0.157. The summed E-state index contributed by atoms with van der Waals surface area (Å²) in [5, 5.41) is 14.3. The van der Waals surface area contributed by atoms with Crippen LogP contribution in [0.4, 0.5) is 0 Å². The second kappa shape index (κ2) is 22.0. The number of nitrogens with one attached hydrogen (secondary N) is 2. The molecule has 0 saturated carbocycles. The summed E-state index contributed by atoms with van der Waals surface area (Å²) in [6, 6.07) is 7.22. The van der Waals surface area contributed by atoms with Gasteiger partial charge in [0, 0.05) is 38.2 Å². The summed E-state index contributed by atoms with van der Waals surface area (Å²) in [5.41, 5.74) is 1.54. The van der Waals surface area contributed by atoms with Gasteiger partial charge in [-0.15, -0.1) is 0 Å². The maximum atomic E-state index is 12.3. The molecule has 39 heavy (non-hydrogen) atoms. The van der Waals surface area contributed by atoms with Gasteiger partial charge >= 0.3 is 5.97 Å². The fourth-order valence-corrected chi connectivity index (χ4v) is 3.17. The summed E-state index contributed by atoms with van der Waals surface area (Å²) >= 11 is 0. The molecule has 12 heteroatoms. The number of benzene rings is 1. The summed E-state index contributed by atoms with van der Waals surface area (Å²) in [5.74, 6) is -1.24. The minimum absolute atomic E-state index is 0.0470. The Morgan fingerprint density at radius 2 is 1.38 bits per heavy atom. The van der Waals surface area contributed by atoms with Crippen molar-refractivity contribution in [2.24, 2.45) is 0 Å². The van der Waals surface area contributed by atoms with Crippen LogP contribution in [0.15, 0.2) is 24.3 Å². The smallest absolute Gasteiger partial charge is 0.304 e. The van der Waals surface area contributed by atoms with E-state index in [1.165, 1.54) is 0 Å². The van der Waals surface area contributed by atoms with Crippen LogP contribution in [-0.4, -0.2) is 113 Å². The number of carbonyl (C=O) groups excluding carboxylic acids is 3. The van der Waals surface area contributed by atoms with E-state index in [0.29, 0.717) is 64.6 Å². The van der Waals surface area contributed by atoms with Gasteiger partial charge in [-0.1, -0.05) is 26.0 Å². The number of ether oxygens (including phenoxy) is 4. The number of aliphatic carboxylic acids is 1. The number of carboxylic acid groups (broad SMARTS) is 1. The molecule has 1 aromatic carbocycles. The predicted octanol–water partition coefficient (Wildman–Crippen LogP) is 0.875. The van der Waals surface area contributed by atoms with Crippen LogP contribution in [0.3, 0.4) is 0 Å². The van der Waals surface area contributed by atoms with Gasteiger partial charge in [0.15, 0.2) is 5.78 Å². The van der Waals surface area contributed by atoms with Crippen LogP contribution < -0.4 is 10.6 Å². The van der Waals surface area contributed by atoms with E-state index in [2.05, 4.69) is 10.6 Å². The van der Waals surface area contributed by atoms with Crippen molar-refractivity contribution in [1.29, 1.82) is 0 Å². The monoisotopic (exact) mass is 553 g/mol. The number of hydrogen-bond donors (Lipinski definition) is 3. The summed E-state index contributed by atoms with van der Waals surface area (Å²) in [6.07, 6.45) is 0.548. The molecule has 2 amide bonds. The van der Waals surface area contributed by atoms with Crippen molar-refractivity contribution in [2.45, 2.75) is 33.2 Å². The zero-order valence-corrected chi connectivity index (χ0v) is 23.1. The van der Waals surface area contributed by atoms with Gasteiger partial charge in [0.2, 0.25) is 5.91 Å². The van der Waals surface area contributed by atoms with Crippen molar-refractivity contribution in [3.05, 3.63) is 35.4 Å². The normalized spacial score (nSPS) is 10.9. The first-order valence-corrected chi connectivity index (χ1v) is 13.3. The summed E-state index contributed by atoms with van der Waals surface area (Å²) in [6.45, 7) is 8.15. The minimum Gasteiger partial charge on any atom is -0.481 e. The zero-order valence-electron chi connectivity index (χ0n) is 23.1. The van der Waals surface area contributed by atoms with E-state index in [1.54, 1.807) is 19.1 Å². The molecule has 12 nitrogen and oxygen atoms in total. The fraction of sp³-hybridized carbons (Fsp3) is 0.630. The Bertz CT molecular complexity index is 849. The van der Waals surface area contributed by atoms with Gasteiger partial charge in [0.1, 0.15) is 13.2 Å².